The SMILES string of the molecule is Cc1ccc(OCC2CO2)c(C)c1C. The fourth-order valence-corrected chi connectivity index (χ4v) is 1.43. The summed E-state index contributed by atoms with van der Waals surface area (Å²) in [5.41, 5.74) is 3.88. The van der Waals surface area contributed by atoms with Crippen LogP contribution in [0.25, 0.3) is 0 Å². The zero-order valence-corrected chi connectivity index (χ0v) is 8.96. The van der Waals surface area contributed by atoms with E-state index in [-0.39, 0.29) is 0 Å². The molecule has 1 aliphatic rings. The molecule has 1 aromatic rings. The lowest BCUT2D eigenvalue weighted by atomic mass is 10.0. The maximum absolute atomic E-state index is 5.67. The van der Waals surface area contributed by atoms with Crippen molar-refractivity contribution in [3.8, 4) is 5.75 Å². The van der Waals surface area contributed by atoms with E-state index >= 15 is 0 Å². The third kappa shape index (κ3) is 1.90. The number of ether oxygens (including phenoxy) is 2. The van der Waals surface area contributed by atoms with Crippen LogP contribution in [-0.2, 0) is 4.74 Å². The van der Waals surface area contributed by atoms with E-state index in [4.69, 9.17) is 9.47 Å². The summed E-state index contributed by atoms with van der Waals surface area (Å²) >= 11 is 0. The van der Waals surface area contributed by atoms with Crippen molar-refractivity contribution >= 4 is 0 Å². The van der Waals surface area contributed by atoms with Gasteiger partial charge in [0, 0.05) is 0 Å². The van der Waals surface area contributed by atoms with E-state index in [0.29, 0.717) is 12.7 Å². The smallest absolute Gasteiger partial charge is 0.122 e. The molecule has 0 saturated carbocycles. The number of epoxide rings is 1. The second-order valence-corrected chi connectivity index (χ2v) is 3.90. The van der Waals surface area contributed by atoms with Crippen LogP contribution in [0.4, 0.5) is 0 Å². The quantitative estimate of drug-likeness (QED) is 0.686. The van der Waals surface area contributed by atoms with E-state index < -0.39 is 0 Å². The molecule has 2 rings (SSSR count). The molecule has 0 N–H and O–H groups in total. The van der Waals surface area contributed by atoms with Gasteiger partial charge in [-0.1, -0.05) is 6.07 Å². The first-order valence-electron chi connectivity index (χ1n) is 4.99. The molecule has 0 amide bonds. The van der Waals surface area contributed by atoms with E-state index in [9.17, 15) is 0 Å². The second-order valence-electron chi connectivity index (χ2n) is 3.90. The first-order chi connectivity index (χ1) is 6.68. The van der Waals surface area contributed by atoms with Gasteiger partial charge in [-0.3, -0.25) is 0 Å². The van der Waals surface area contributed by atoms with Crippen LogP contribution in [0.2, 0.25) is 0 Å². The normalized spacial score (nSPS) is 19.5. The van der Waals surface area contributed by atoms with Gasteiger partial charge in [0.2, 0.25) is 0 Å². The van der Waals surface area contributed by atoms with Crippen molar-refractivity contribution in [3.05, 3.63) is 28.8 Å². The van der Waals surface area contributed by atoms with E-state index in [1.807, 2.05) is 6.07 Å². The average Bonchev–Trinajstić information content (AvgIpc) is 2.97. The number of benzene rings is 1. The van der Waals surface area contributed by atoms with Crippen molar-refractivity contribution in [2.75, 3.05) is 13.2 Å². The van der Waals surface area contributed by atoms with E-state index in [0.717, 1.165) is 12.4 Å². The minimum Gasteiger partial charge on any atom is -0.491 e. The third-order valence-corrected chi connectivity index (χ3v) is 2.84. The molecule has 1 atom stereocenters. The number of hydrogen-bond donors (Lipinski definition) is 0. The molecule has 0 aromatic heterocycles. The Morgan fingerprint density at radius 3 is 2.64 bits per heavy atom. The lowest BCUT2D eigenvalue weighted by Crippen LogP contribution is -2.05. The monoisotopic (exact) mass is 192 g/mol. The van der Waals surface area contributed by atoms with Crippen LogP contribution in [0.5, 0.6) is 5.75 Å². The fraction of sp³-hybridized carbons (Fsp3) is 0.500. The molecule has 0 bridgehead atoms. The van der Waals surface area contributed by atoms with Crippen LogP contribution in [-0.4, -0.2) is 19.3 Å². The van der Waals surface area contributed by atoms with Crippen molar-refractivity contribution in [2.24, 2.45) is 0 Å². The second kappa shape index (κ2) is 3.62. The molecule has 2 heteroatoms. The van der Waals surface area contributed by atoms with Gasteiger partial charge < -0.3 is 9.47 Å². The zero-order valence-electron chi connectivity index (χ0n) is 8.96. The highest BCUT2D eigenvalue weighted by molar-refractivity contribution is 5.42. The highest BCUT2D eigenvalue weighted by Gasteiger charge is 2.23. The van der Waals surface area contributed by atoms with Crippen molar-refractivity contribution in [1.29, 1.82) is 0 Å². The molecule has 14 heavy (non-hydrogen) atoms. The first kappa shape index (κ1) is 9.53. The lowest BCUT2D eigenvalue weighted by Gasteiger charge is -2.11. The maximum atomic E-state index is 5.67. The Hall–Kier alpha value is -1.02. The zero-order chi connectivity index (χ0) is 10.1. The van der Waals surface area contributed by atoms with Crippen LogP contribution in [0, 0.1) is 20.8 Å². The van der Waals surface area contributed by atoms with Crippen molar-refractivity contribution in [2.45, 2.75) is 26.9 Å². The summed E-state index contributed by atoms with van der Waals surface area (Å²) in [5, 5.41) is 0. The molecule has 0 aliphatic carbocycles. The van der Waals surface area contributed by atoms with Crippen molar-refractivity contribution in [3.63, 3.8) is 0 Å². The standard InChI is InChI=1S/C12H16O2/c1-8-4-5-12(10(3)9(8)2)14-7-11-6-13-11/h4-5,11H,6-7H2,1-3H3. The third-order valence-electron chi connectivity index (χ3n) is 2.84. The van der Waals surface area contributed by atoms with Gasteiger partial charge in [0.15, 0.2) is 0 Å². The predicted molar refractivity (Wildman–Crippen MR) is 55.9 cm³/mol. The Labute approximate surface area is 84.8 Å². The Morgan fingerprint density at radius 1 is 1.29 bits per heavy atom. The summed E-state index contributed by atoms with van der Waals surface area (Å²) in [6.45, 7) is 7.89. The Morgan fingerprint density at radius 2 is 2.00 bits per heavy atom. The summed E-state index contributed by atoms with van der Waals surface area (Å²) in [5.74, 6) is 0.989. The van der Waals surface area contributed by atoms with Gasteiger partial charge in [-0.25, -0.2) is 0 Å². The van der Waals surface area contributed by atoms with Crippen LogP contribution < -0.4 is 4.74 Å². The molecule has 1 aromatic carbocycles. The van der Waals surface area contributed by atoms with Gasteiger partial charge in [0.25, 0.3) is 0 Å². The van der Waals surface area contributed by atoms with Gasteiger partial charge in [-0.15, -0.1) is 0 Å². The molecular formula is C12H16O2. The Balaban J connectivity index is 2.11. The number of rotatable bonds is 3. The molecule has 0 radical (unpaired) electrons. The maximum Gasteiger partial charge on any atom is 0.122 e. The van der Waals surface area contributed by atoms with E-state index in [1.165, 1.54) is 16.7 Å². The van der Waals surface area contributed by atoms with Gasteiger partial charge in [-0.05, 0) is 43.5 Å². The average molecular weight is 192 g/mol. The first-order valence-corrected chi connectivity index (χ1v) is 4.99. The van der Waals surface area contributed by atoms with E-state index in [2.05, 4.69) is 26.8 Å². The van der Waals surface area contributed by atoms with E-state index in [1.54, 1.807) is 0 Å². The molecule has 1 saturated heterocycles. The molecule has 1 aliphatic heterocycles. The fourth-order valence-electron chi connectivity index (χ4n) is 1.43. The summed E-state index contributed by atoms with van der Waals surface area (Å²) < 4.78 is 10.8. The highest BCUT2D eigenvalue weighted by Crippen LogP contribution is 2.24. The van der Waals surface area contributed by atoms with Gasteiger partial charge >= 0.3 is 0 Å². The molecule has 76 valence electrons. The minimum atomic E-state index is 0.330. The summed E-state index contributed by atoms with van der Waals surface area (Å²) in [6, 6.07) is 4.14. The molecular weight excluding hydrogens is 176 g/mol. The largest absolute Gasteiger partial charge is 0.491 e. The van der Waals surface area contributed by atoms with Crippen LogP contribution in [0.1, 0.15) is 16.7 Å². The molecule has 1 unspecified atom stereocenters. The topological polar surface area (TPSA) is 21.8 Å². The number of hydrogen-bond acceptors (Lipinski definition) is 2. The van der Waals surface area contributed by atoms with Crippen molar-refractivity contribution in [1.82, 2.24) is 0 Å². The molecule has 1 fully saturated rings. The molecule has 0 spiro atoms. The minimum absolute atomic E-state index is 0.330. The van der Waals surface area contributed by atoms with Crippen molar-refractivity contribution < 1.29 is 9.47 Å². The predicted octanol–water partition coefficient (Wildman–Crippen LogP) is 2.39. The molecule has 2 nitrogen and oxygen atoms in total. The van der Waals surface area contributed by atoms with Crippen LogP contribution in [0.15, 0.2) is 12.1 Å². The van der Waals surface area contributed by atoms with Gasteiger partial charge in [0.05, 0.1) is 6.61 Å². The van der Waals surface area contributed by atoms with Gasteiger partial charge in [0.1, 0.15) is 18.5 Å². The summed E-state index contributed by atoms with van der Waals surface area (Å²) in [6.07, 6.45) is 0.330. The highest BCUT2D eigenvalue weighted by atomic mass is 16.6. The van der Waals surface area contributed by atoms with Crippen LogP contribution in [0.3, 0.4) is 0 Å². The van der Waals surface area contributed by atoms with Crippen LogP contribution >= 0.6 is 0 Å². The summed E-state index contributed by atoms with van der Waals surface area (Å²) in [7, 11) is 0. The molecule has 1 heterocycles. The number of aryl methyl sites for hydroxylation is 1. The Bertz CT molecular complexity index is 340. The summed E-state index contributed by atoms with van der Waals surface area (Å²) in [4.78, 5) is 0. The van der Waals surface area contributed by atoms with Gasteiger partial charge in [-0.2, -0.15) is 0 Å². The lowest BCUT2D eigenvalue weighted by molar-refractivity contribution is 0.261. The Kier molecular flexibility index (Phi) is 2.46.